The van der Waals surface area contributed by atoms with Crippen molar-refractivity contribution in [1.82, 2.24) is 15.0 Å². The van der Waals surface area contributed by atoms with E-state index in [0.717, 1.165) is 23.4 Å². The number of aromatic nitrogens is 3. The lowest BCUT2D eigenvalue weighted by molar-refractivity contribution is -0.137. The first-order valence-electron chi connectivity index (χ1n) is 10.6. The highest BCUT2D eigenvalue weighted by molar-refractivity contribution is 5.90. The Labute approximate surface area is 194 Å². The van der Waals surface area contributed by atoms with E-state index in [1.54, 1.807) is 0 Å². The van der Waals surface area contributed by atoms with Crippen LogP contribution in [-0.4, -0.2) is 40.1 Å². The molecule has 11 heteroatoms. The number of nitrogens with one attached hydrogen (secondary N) is 2. The van der Waals surface area contributed by atoms with Crippen molar-refractivity contribution in [3.05, 3.63) is 59.9 Å². The predicted octanol–water partition coefficient (Wildman–Crippen LogP) is 4.56. The van der Waals surface area contributed by atoms with Crippen LogP contribution in [0, 0.1) is 6.92 Å². The predicted molar refractivity (Wildman–Crippen MR) is 121 cm³/mol. The first-order chi connectivity index (χ1) is 16.2. The maximum Gasteiger partial charge on any atom is 0.416 e. The molecule has 1 aliphatic heterocycles. The van der Waals surface area contributed by atoms with Gasteiger partial charge in [0.2, 0.25) is 17.8 Å². The molecular weight excluding hydrogens is 449 g/mol. The molecule has 1 atom stereocenters. The standard InChI is InChI=1S/C23H23F3N6O2/c1-14-19(29-15(2)33)4-3-5-20(14)30-21-27-13-28-22(31-21)32-11-10-18(12-32)34-17-8-6-16(7-9-17)23(24,25)26/h3-9,13,18H,10-12H2,1-2H3,(H,29,33)(H,27,28,30,31)/t18-/m0/s1. The van der Waals surface area contributed by atoms with Crippen molar-refractivity contribution in [1.29, 1.82) is 0 Å². The zero-order chi connectivity index (χ0) is 24.3. The van der Waals surface area contributed by atoms with Gasteiger partial charge in [-0.05, 0) is 48.9 Å². The third-order valence-corrected chi connectivity index (χ3v) is 5.36. The van der Waals surface area contributed by atoms with Crippen molar-refractivity contribution < 1.29 is 22.7 Å². The van der Waals surface area contributed by atoms with Crippen LogP contribution in [0.15, 0.2) is 48.8 Å². The van der Waals surface area contributed by atoms with Crippen molar-refractivity contribution >= 4 is 29.2 Å². The van der Waals surface area contributed by atoms with Crippen LogP contribution in [0.25, 0.3) is 0 Å². The maximum atomic E-state index is 12.7. The van der Waals surface area contributed by atoms with E-state index >= 15 is 0 Å². The zero-order valence-electron chi connectivity index (χ0n) is 18.6. The number of carbonyl (C=O) groups excluding carboxylic acids is 1. The average Bonchev–Trinajstić information content (AvgIpc) is 3.25. The monoisotopic (exact) mass is 472 g/mol. The van der Waals surface area contributed by atoms with E-state index in [9.17, 15) is 18.0 Å². The minimum atomic E-state index is -4.38. The Morgan fingerprint density at radius 2 is 1.85 bits per heavy atom. The molecule has 0 aliphatic carbocycles. The lowest BCUT2D eigenvalue weighted by Gasteiger charge is -2.18. The molecule has 8 nitrogen and oxygen atoms in total. The molecule has 0 saturated carbocycles. The largest absolute Gasteiger partial charge is 0.489 e. The van der Waals surface area contributed by atoms with E-state index in [-0.39, 0.29) is 12.0 Å². The second kappa shape index (κ2) is 9.54. The number of alkyl halides is 3. The van der Waals surface area contributed by atoms with E-state index in [0.29, 0.717) is 42.8 Å². The lowest BCUT2D eigenvalue weighted by Crippen LogP contribution is -2.26. The van der Waals surface area contributed by atoms with Crippen LogP contribution in [0.1, 0.15) is 24.5 Å². The van der Waals surface area contributed by atoms with E-state index < -0.39 is 11.7 Å². The van der Waals surface area contributed by atoms with Crippen molar-refractivity contribution in [2.75, 3.05) is 28.6 Å². The third-order valence-electron chi connectivity index (χ3n) is 5.36. The number of nitrogens with zero attached hydrogens (tertiary/aromatic N) is 4. The van der Waals surface area contributed by atoms with Gasteiger partial charge in [-0.1, -0.05) is 6.07 Å². The molecule has 0 radical (unpaired) electrons. The Bertz CT molecular complexity index is 1170. The van der Waals surface area contributed by atoms with Gasteiger partial charge >= 0.3 is 6.18 Å². The molecule has 1 saturated heterocycles. The Balaban J connectivity index is 1.40. The van der Waals surface area contributed by atoms with Crippen LogP contribution >= 0.6 is 0 Å². The highest BCUT2D eigenvalue weighted by atomic mass is 19.4. The van der Waals surface area contributed by atoms with Gasteiger partial charge in [-0.3, -0.25) is 4.79 Å². The van der Waals surface area contributed by atoms with Gasteiger partial charge in [0.05, 0.1) is 12.1 Å². The fourth-order valence-electron chi connectivity index (χ4n) is 3.64. The molecule has 1 amide bonds. The molecular formula is C23H23F3N6O2. The molecule has 3 aromatic rings. The minimum Gasteiger partial charge on any atom is -0.489 e. The molecule has 0 bridgehead atoms. The van der Waals surface area contributed by atoms with Crippen LogP contribution in [0.3, 0.4) is 0 Å². The molecule has 0 spiro atoms. The average molecular weight is 472 g/mol. The molecule has 34 heavy (non-hydrogen) atoms. The lowest BCUT2D eigenvalue weighted by atomic mass is 10.1. The summed E-state index contributed by atoms with van der Waals surface area (Å²) in [5, 5.41) is 5.94. The quantitative estimate of drug-likeness (QED) is 0.543. The van der Waals surface area contributed by atoms with Gasteiger partial charge in [-0.2, -0.15) is 18.2 Å². The number of anilines is 4. The smallest absolute Gasteiger partial charge is 0.416 e. The zero-order valence-corrected chi connectivity index (χ0v) is 18.6. The summed E-state index contributed by atoms with van der Waals surface area (Å²) in [6.45, 7) is 4.44. The summed E-state index contributed by atoms with van der Waals surface area (Å²) in [4.78, 5) is 26.2. The number of halogens is 3. The van der Waals surface area contributed by atoms with Crippen molar-refractivity contribution in [3.63, 3.8) is 0 Å². The number of carbonyl (C=O) groups is 1. The molecule has 2 heterocycles. The van der Waals surface area contributed by atoms with Gasteiger partial charge in [0.15, 0.2) is 0 Å². The van der Waals surface area contributed by atoms with Gasteiger partial charge in [0.1, 0.15) is 18.2 Å². The minimum absolute atomic E-state index is 0.162. The SMILES string of the molecule is CC(=O)Nc1cccc(Nc2ncnc(N3CC[C@H](Oc4ccc(C(F)(F)F)cc4)C3)n2)c1C. The molecule has 0 unspecified atom stereocenters. The van der Waals surface area contributed by atoms with Gasteiger partial charge in [0, 0.05) is 31.3 Å². The van der Waals surface area contributed by atoms with Gasteiger partial charge < -0.3 is 20.3 Å². The second-order valence-corrected chi connectivity index (χ2v) is 7.89. The Morgan fingerprint density at radius 3 is 2.56 bits per heavy atom. The summed E-state index contributed by atoms with van der Waals surface area (Å²) in [5.41, 5.74) is 1.56. The normalized spacial score (nSPS) is 15.8. The van der Waals surface area contributed by atoms with E-state index in [2.05, 4.69) is 25.6 Å². The van der Waals surface area contributed by atoms with Crippen LogP contribution < -0.4 is 20.3 Å². The fourth-order valence-corrected chi connectivity index (χ4v) is 3.64. The number of benzene rings is 2. The Hall–Kier alpha value is -3.89. The van der Waals surface area contributed by atoms with Crippen LogP contribution in [0.4, 0.5) is 36.4 Å². The molecule has 1 aliphatic rings. The summed E-state index contributed by atoms with van der Waals surface area (Å²) in [5.74, 6) is 1.03. The summed E-state index contributed by atoms with van der Waals surface area (Å²) < 4.78 is 44.1. The maximum absolute atomic E-state index is 12.7. The third kappa shape index (κ3) is 5.53. The van der Waals surface area contributed by atoms with Crippen LogP contribution in [0.5, 0.6) is 5.75 Å². The molecule has 178 valence electrons. The molecule has 2 N–H and O–H groups in total. The number of amides is 1. The summed E-state index contributed by atoms with van der Waals surface area (Å²) >= 11 is 0. The molecule has 4 rings (SSSR count). The summed E-state index contributed by atoms with van der Waals surface area (Å²) in [6.07, 6.45) is -2.51. The Morgan fingerprint density at radius 1 is 1.12 bits per heavy atom. The number of hydrogen-bond acceptors (Lipinski definition) is 7. The van der Waals surface area contributed by atoms with Crippen molar-refractivity contribution in [2.24, 2.45) is 0 Å². The number of ether oxygens (including phenoxy) is 1. The van der Waals surface area contributed by atoms with Crippen molar-refractivity contribution in [3.8, 4) is 5.75 Å². The van der Waals surface area contributed by atoms with Gasteiger partial charge in [-0.15, -0.1) is 0 Å². The van der Waals surface area contributed by atoms with Crippen LogP contribution in [0.2, 0.25) is 0 Å². The van der Waals surface area contributed by atoms with E-state index in [1.165, 1.54) is 25.4 Å². The number of hydrogen-bond donors (Lipinski definition) is 2. The summed E-state index contributed by atoms with van der Waals surface area (Å²) in [6, 6.07) is 10.1. The highest BCUT2D eigenvalue weighted by Crippen LogP contribution is 2.31. The number of rotatable bonds is 6. The van der Waals surface area contributed by atoms with E-state index in [1.807, 2.05) is 30.0 Å². The van der Waals surface area contributed by atoms with Crippen molar-refractivity contribution in [2.45, 2.75) is 32.5 Å². The Kier molecular flexibility index (Phi) is 6.53. The fraction of sp³-hybridized carbons (Fsp3) is 0.304. The van der Waals surface area contributed by atoms with Crippen LogP contribution in [-0.2, 0) is 11.0 Å². The second-order valence-electron chi connectivity index (χ2n) is 7.89. The first-order valence-corrected chi connectivity index (χ1v) is 10.6. The van der Waals surface area contributed by atoms with E-state index in [4.69, 9.17) is 4.74 Å². The highest BCUT2D eigenvalue weighted by Gasteiger charge is 2.31. The van der Waals surface area contributed by atoms with Gasteiger partial charge in [-0.25, -0.2) is 9.97 Å². The topological polar surface area (TPSA) is 92.3 Å². The molecule has 2 aromatic carbocycles. The van der Waals surface area contributed by atoms with Gasteiger partial charge in [0.25, 0.3) is 0 Å². The first kappa shape index (κ1) is 23.3. The summed E-state index contributed by atoms with van der Waals surface area (Å²) in [7, 11) is 0. The molecule has 1 fully saturated rings. The molecule has 1 aromatic heterocycles.